The highest BCUT2D eigenvalue weighted by atomic mass is 35.5. The van der Waals surface area contributed by atoms with Gasteiger partial charge in [0, 0.05) is 30.2 Å². The fourth-order valence-electron chi connectivity index (χ4n) is 4.22. The van der Waals surface area contributed by atoms with E-state index in [1.807, 2.05) is 0 Å². The number of aromatic nitrogens is 1. The number of carbonyl (C=O) groups is 2. The van der Waals surface area contributed by atoms with Gasteiger partial charge in [-0.15, -0.1) is 0 Å². The Morgan fingerprint density at radius 1 is 1.33 bits per heavy atom. The lowest BCUT2D eigenvalue weighted by atomic mass is 9.90. The first-order valence-electron chi connectivity index (χ1n) is 9.31. The van der Waals surface area contributed by atoms with Crippen molar-refractivity contribution in [2.75, 3.05) is 13.7 Å². The van der Waals surface area contributed by atoms with Crippen LogP contribution in [0.25, 0.3) is 0 Å². The Kier molecular flexibility index (Phi) is 5.01. The third-order valence-corrected chi connectivity index (χ3v) is 5.91. The summed E-state index contributed by atoms with van der Waals surface area (Å²) in [6, 6.07) is 4.95. The van der Waals surface area contributed by atoms with Crippen molar-refractivity contribution in [2.24, 2.45) is 5.73 Å². The van der Waals surface area contributed by atoms with Crippen molar-refractivity contribution < 1.29 is 23.1 Å². The van der Waals surface area contributed by atoms with Crippen molar-refractivity contribution in [3.8, 4) is 5.75 Å². The molecule has 10 heteroatoms. The number of ether oxygens (including phenoxy) is 1. The van der Waals surface area contributed by atoms with Gasteiger partial charge in [-0.3, -0.25) is 4.79 Å². The number of carbonyl (C=O) groups excluding carboxylic acids is 2. The van der Waals surface area contributed by atoms with Crippen molar-refractivity contribution in [1.82, 2.24) is 15.2 Å². The number of hydrogen-bond acceptors (Lipinski definition) is 4. The topological polar surface area (TPSA) is 97.5 Å². The number of rotatable bonds is 5. The minimum Gasteiger partial charge on any atom is -0.497 e. The molecule has 2 fully saturated rings. The van der Waals surface area contributed by atoms with Crippen molar-refractivity contribution in [2.45, 2.75) is 30.3 Å². The molecule has 3 amide bonds. The Balaban J connectivity index is 1.80. The van der Waals surface area contributed by atoms with Gasteiger partial charge in [0.05, 0.1) is 18.3 Å². The van der Waals surface area contributed by atoms with E-state index in [4.69, 9.17) is 22.1 Å². The van der Waals surface area contributed by atoms with Crippen LogP contribution in [0.15, 0.2) is 30.3 Å². The molecule has 2 atom stereocenters. The second-order valence-corrected chi connectivity index (χ2v) is 7.77. The quantitative estimate of drug-likeness (QED) is 0.704. The lowest BCUT2D eigenvalue weighted by molar-refractivity contribution is -0.124. The molecule has 1 aliphatic carbocycles. The minimum atomic E-state index is -1.21. The van der Waals surface area contributed by atoms with E-state index >= 15 is 0 Å². The maximum Gasteiger partial charge on any atom is 0.316 e. The fourth-order valence-corrected chi connectivity index (χ4v) is 4.38. The molecule has 1 aromatic carbocycles. The van der Waals surface area contributed by atoms with Gasteiger partial charge in [-0.2, -0.15) is 0 Å². The highest BCUT2D eigenvalue weighted by molar-refractivity contribution is 6.29. The van der Waals surface area contributed by atoms with E-state index in [0.717, 1.165) is 12.1 Å². The van der Waals surface area contributed by atoms with Crippen LogP contribution in [0, 0.1) is 11.6 Å². The Labute approximate surface area is 176 Å². The third-order valence-electron chi connectivity index (χ3n) is 5.70. The zero-order valence-electron chi connectivity index (χ0n) is 16.0. The second kappa shape index (κ2) is 7.39. The van der Waals surface area contributed by atoms with E-state index in [1.165, 1.54) is 12.0 Å². The van der Waals surface area contributed by atoms with Crippen molar-refractivity contribution >= 4 is 23.5 Å². The van der Waals surface area contributed by atoms with Crippen molar-refractivity contribution in [3.63, 3.8) is 0 Å². The molecule has 0 radical (unpaired) electrons. The number of methoxy groups -OCH3 is 1. The van der Waals surface area contributed by atoms with Crippen LogP contribution < -0.4 is 15.8 Å². The number of benzene rings is 1. The van der Waals surface area contributed by atoms with Gasteiger partial charge in [0.25, 0.3) is 0 Å². The molecule has 1 aromatic heterocycles. The van der Waals surface area contributed by atoms with Gasteiger partial charge in [0.1, 0.15) is 28.6 Å². The molecule has 0 bridgehead atoms. The first-order chi connectivity index (χ1) is 14.3. The van der Waals surface area contributed by atoms with Crippen LogP contribution in [-0.4, -0.2) is 41.5 Å². The molecule has 0 spiro atoms. The molecule has 2 aromatic rings. The molecule has 2 heterocycles. The van der Waals surface area contributed by atoms with Crippen LogP contribution >= 0.6 is 11.6 Å². The monoisotopic (exact) mass is 436 g/mol. The maximum atomic E-state index is 14.8. The maximum absolute atomic E-state index is 14.8. The summed E-state index contributed by atoms with van der Waals surface area (Å²) < 4.78 is 34.5. The van der Waals surface area contributed by atoms with Crippen LogP contribution in [-0.2, 0) is 10.3 Å². The normalized spacial score (nSPS) is 21.8. The lowest BCUT2D eigenvalue weighted by Crippen LogP contribution is -2.54. The van der Waals surface area contributed by atoms with Gasteiger partial charge in [-0.25, -0.2) is 18.6 Å². The molecule has 1 saturated carbocycles. The average Bonchev–Trinajstić information content (AvgIpc) is 3.41. The number of primary amides is 1. The Bertz CT molecular complexity index is 1010. The predicted octanol–water partition coefficient (Wildman–Crippen LogP) is 2.67. The molecule has 158 valence electrons. The molecule has 3 N–H and O–H groups in total. The fraction of sp³-hybridized carbons (Fsp3) is 0.350. The summed E-state index contributed by atoms with van der Waals surface area (Å²) in [6.07, 6.45) is 0.987. The number of nitrogens with two attached hydrogens (primary N) is 1. The summed E-state index contributed by atoms with van der Waals surface area (Å²) in [6.45, 7) is -0.0491. The van der Waals surface area contributed by atoms with Crippen LogP contribution in [0.1, 0.15) is 30.0 Å². The van der Waals surface area contributed by atoms with Crippen LogP contribution in [0.2, 0.25) is 5.15 Å². The minimum absolute atomic E-state index is 0.0103. The number of urea groups is 1. The van der Waals surface area contributed by atoms with E-state index in [9.17, 15) is 18.4 Å². The zero-order valence-corrected chi connectivity index (χ0v) is 16.7. The summed E-state index contributed by atoms with van der Waals surface area (Å²) in [5.74, 6) is -3.24. The Hall–Kier alpha value is -2.94. The van der Waals surface area contributed by atoms with E-state index < -0.39 is 41.1 Å². The van der Waals surface area contributed by atoms with Gasteiger partial charge in [0.15, 0.2) is 0 Å². The lowest BCUT2D eigenvalue weighted by Gasteiger charge is -2.36. The molecule has 1 saturated heterocycles. The number of halogens is 3. The second-order valence-electron chi connectivity index (χ2n) is 7.39. The largest absolute Gasteiger partial charge is 0.497 e. The van der Waals surface area contributed by atoms with Crippen molar-refractivity contribution in [1.29, 1.82) is 0 Å². The molecule has 4 rings (SSSR count). The van der Waals surface area contributed by atoms with Gasteiger partial charge in [-0.1, -0.05) is 17.7 Å². The first kappa shape index (κ1) is 20.3. The summed E-state index contributed by atoms with van der Waals surface area (Å²) in [4.78, 5) is 30.7. The van der Waals surface area contributed by atoms with Crippen molar-refractivity contribution in [3.05, 3.63) is 58.4 Å². The molecule has 2 aliphatic rings. The predicted molar refractivity (Wildman–Crippen MR) is 104 cm³/mol. The molecule has 0 unspecified atom stereocenters. The van der Waals surface area contributed by atoms with Gasteiger partial charge < -0.3 is 20.7 Å². The number of nitrogens with one attached hydrogen (secondary N) is 1. The Morgan fingerprint density at radius 2 is 2.00 bits per heavy atom. The van der Waals surface area contributed by atoms with Crippen LogP contribution in [0.4, 0.5) is 13.6 Å². The van der Waals surface area contributed by atoms with E-state index in [-0.39, 0.29) is 23.0 Å². The molecular weight excluding hydrogens is 418 g/mol. The summed E-state index contributed by atoms with van der Waals surface area (Å²) in [5.41, 5.74) is 4.89. The van der Waals surface area contributed by atoms with Gasteiger partial charge in [0.2, 0.25) is 5.91 Å². The standard InChI is InChI=1S/C20H19ClF2N4O3/c1-30-10-7-12(22)16(13(23)8-10)11-9-25-18(28)17(11)27(19(24)29)20(5-6-20)14-3-2-4-15(21)26-14/h2-4,7-8,11,17H,5-6,9H2,1H3,(H2,24,29)(H,25,28)/t11-,17-/m0/s1. The zero-order chi connectivity index (χ0) is 21.6. The van der Waals surface area contributed by atoms with E-state index in [1.54, 1.807) is 18.2 Å². The molecular formula is C20H19ClF2N4O3. The first-order valence-corrected chi connectivity index (χ1v) is 9.69. The van der Waals surface area contributed by atoms with E-state index in [0.29, 0.717) is 18.5 Å². The molecule has 7 nitrogen and oxygen atoms in total. The number of hydrogen-bond donors (Lipinski definition) is 2. The highest BCUT2D eigenvalue weighted by Gasteiger charge is 2.59. The number of pyridine rings is 1. The van der Waals surface area contributed by atoms with Crippen LogP contribution in [0.3, 0.4) is 0 Å². The highest BCUT2D eigenvalue weighted by Crippen LogP contribution is 2.53. The smallest absolute Gasteiger partial charge is 0.316 e. The number of nitrogens with zero attached hydrogens (tertiary/aromatic N) is 2. The molecule has 1 aliphatic heterocycles. The average molecular weight is 437 g/mol. The number of amides is 3. The Morgan fingerprint density at radius 3 is 2.53 bits per heavy atom. The molecule has 30 heavy (non-hydrogen) atoms. The van der Waals surface area contributed by atoms with Gasteiger partial charge in [-0.05, 0) is 25.0 Å². The van der Waals surface area contributed by atoms with Gasteiger partial charge >= 0.3 is 6.03 Å². The summed E-state index contributed by atoms with van der Waals surface area (Å²) >= 11 is 6.01. The third kappa shape index (κ3) is 3.23. The summed E-state index contributed by atoms with van der Waals surface area (Å²) in [7, 11) is 1.29. The summed E-state index contributed by atoms with van der Waals surface area (Å²) in [5, 5.41) is 2.82. The van der Waals surface area contributed by atoms with Crippen LogP contribution in [0.5, 0.6) is 5.75 Å². The SMILES string of the molecule is COc1cc(F)c([C@@H]2CNC(=O)[C@H]2N(C(N)=O)C2(c3cccc(Cl)n3)CC2)c(F)c1. The van der Waals surface area contributed by atoms with E-state index in [2.05, 4.69) is 10.3 Å².